The van der Waals surface area contributed by atoms with Crippen molar-refractivity contribution in [1.82, 2.24) is 5.32 Å². The fraction of sp³-hybridized carbons (Fsp3) is 0.571. The van der Waals surface area contributed by atoms with Gasteiger partial charge in [-0.1, -0.05) is 6.07 Å². The third-order valence-corrected chi connectivity index (χ3v) is 5.54. The van der Waals surface area contributed by atoms with Gasteiger partial charge in [0.25, 0.3) is 0 Å². The van der Waals surface area contributed by atoms with E-state index in [0.717, 1.165) is 18.6 Å². The van der Waals surface area contributed by atoms with Crippen molar-refractivity contribution in [2.24, 2.45) is 5.92 Å². The van der Waals surface area contributed by atoms with E-state index in [-0.39, 0.29) is 17.9 Å². The standard InChI is InChI=1S/C14H19NO3S2/c16-13(9-19-8-12-2-1-7-20-12)15-11-5-3-10(4-6-11)14(17)18/h1-2,7,10-11H,3-6,8-9H2,(H,15,16)(H,17,18). The third kappa shape index (κ3) is 4.83. The Labute approximate surface area is 127 Å². The summed E-state index contributed by atoms with van der Waals surface area (Å²) in [6.45, 7) is 0. The summed E-state index contributed by atoms with van der Waals surface area (Å²) in [5.74, 6) is 0.469. The van der Waals surface area contributed by atoms with Crippen molar-refractivity contribution in [3.63, 3.8) is 0 Å². The summed E-state index contributed by atoms with van der Waals surface area (Å²) in [6, 6.07) is 4.24. The minimum Gasteiger partial charge on any atom is -0.481 e. The Morgan fingerprint density at radius 3 is 2.70 bits per heavy atom. The molecule has 0 spiro atoms. The molecule has 1 fully saturated rings. The number of carboxylic acid groups (broad SMARTS) is 1. The first kappa shape index (κ1) is 15.4. The molecule has 6 heteroatoms. The molecule has 0 bridgehead atoms. The number of carbonyl (C=O) groups excluding carboxylic acids is 1. The first-order valence-electron chi connectivity index (χ1n) is 6.77. The van der Waals surface area contributed by atoms with Crippen LogP contribution in [0.25, 0.3) is 0 Å². The van der Waals surface area contributed by atoms with E-state index in [9.17, 15) is 9.59 Å². The Hall–Kier alpha value is -1.01. The van der Waals surface area contributed by atoms with Crippen molar-refractivity contribution < 1.29 is 14.7 Å². The lowest BCUT2D eigenvalue weighted by atomic mass is 9.86. The normalized spacial score (nSPS) is 22.4. The van der Waals surface area contributed by atoms with Crippen LogP contribution in [0.15, 0.2) is 17.5 Å². The first-order chi connectivity index (χ1) is 9.65. The molecule has 0 radical (unpaired) electrons. The van der Waals surface area contributed by atoms with Crippen molar-refractivity contribution in [1.29, 1.82) is 0 Å². The van der Waals surface area contributed by atoms with Gasteiger partial charge in [-0.3, -0.25) is 9.59 Å². The van der Waals surface area contributed by atoms with E-state index in [4.69, 9.17) is 5.11 Å². The van der Waals surface area contributed by atoms with Gasteiger partial charge in [-0.15, -0.1) is 23.1 Å². The minimum atomic E-state index is -0.707. The molecule has 2 rings (SSSR count). The first-order valence-corrected chi connectivity index (χ1v) is 8.81. The van der Waals surface area contributed by atoms with Crippen molar-refractivity contribution in [2.75, 3.05) is 5.75 Å². The van der Waals surface area contributed by atoms with Crippen molar-refractivity contribution in [3.05, 3.63) is 22.4 Å². The van der Waals surface area contributed by atoms with Crippen LogP contribution in [0.2, 0.25) is 0 Å². The van der Waals surface area contributed by atoms with Gasteiger partial charge >= 0.3 is 5.97 Å². The number of hydrogen-bond donors (Lipinski definition) is 2. The monoisotopic (exact) mass is 313 g/mol. The molecule has 0 unspecified atom stereocenters. The van der Waals surface area contributed by atoms with E-state index in [0.29, 0.717) is 18.6 Å². The molecule has 1 aliphatic rings. The smallest absolute Gasteiger partial charge is 0.306 e. The lowest BCUT2D eigenvalue weighted by Gasteiger charge is -2.26. The highest BCUT2D eigenvalue weighted by molar-refractivity contribution is 7.99. The zero-order valence-corrected chi connectivity index (χ0v) is 12.8. The number of amides is 1. The second-order valence-corrected chi connectivity index (χ2v) is 7.04. The summed E-state index contributed by atoms with van der Waals surface area (Å²) >= 11 is 3.32. The number of aliphatic carboxylic acids is 1. The average Bonchev–Trinajstić information content (AvgIpc) is 2.92. The van der Waals surface area contributed by atoms with Crippen LogP contribution in [0.4, 0.5) is 0 Å². The number of carboxylic acids is 1. The second-order valence-electron chi connectivity index (χ2n) is 5.03. The van der Waals surface area contributed by atoms with Crippen LogP contribution in [-0.2, 0) is 15.3 Å². The highest BCUT2D eigenvalue weighted by Gasteiger charge is 2.26. The van der Waals surface area contributed by atoms with Gasteiger partial charge in [0.1, 0.15) is 0 Å². The third-order valence-electron chi connectivity index (χ3n) is 3.50. The van der Waals surface area contributed by atoms with Crippen LogP contribution < -0.4 is 5.32 Å². The van der Waals surface area contributed by atoms with Crippen LogP contribution in [0.1, 0.15) is 30.6 Å². The number of hydrogen-bond acceptors (Lipinski definition) is 4. The number of thioether (sulfide) groups is 1. The van der Waals surface area contributed by atoms with E-state index in [1.54, 1.807) is 23.1 Å². The van der Waals surface area contributed by atoms with E-state index in [2.05, 4.69) is 11.4 Å². The van der Waals surface area contributed by atoms with Crippen LogP contribution in [-0.4, -0.2) is 28.8 Å². The molecule has 1 amide bonds. The van der Waals surface area contributed by atoms with Crippen molar-refractivity contribution >= 4 is 35.0 Å². The molecule has 0 atom stereocenters. The van der Waals surface area contributed by atoms with E-state index >= 15 is 0 Å². The maximum Gasteiger partial charge on any atom is 0.306 e. The summed E-state index contributed by atoms with van der Waals surface area (Å²) in [6.07, 6.45) is 2.89. The number of carbonyl (C=O) groups is 2. The van der Waals surface area contributed by atoms with Gasteiger partial charge in [-0.2, -0.15) is 0 Å². The molecule has 1 aromatic heterocycles. The van der Waals surface area contributed by atoms with Gasteiger partial charge in [0.05, 0.1) is 11.7 Å². The van der Waals surface area contributed by atoms with E-state index in [1.165, 1.54) is 4.88 Å². The number of thiophene rings is 1. The highest BCUT2D eigenvalue weighted by atomic mass is 32.2. The van der Waals surface area contributed by atoms with Crippen molar-refractivity contribution in [3.8, 4) is 0 Å². The molecule has 1 aliphatic carbocycles. The molecular formula is C14H19NO3S2. The average molecular weight is 313 g/mol. The highest BCUT2D eigenvalue weighted by Crippen LogP contribution is 2.24. The molecule has 0 saturated heterocycles. The van der Waals surface area contributed by atoms with E-state index < -0.39 is 5.97 Å². The SMILES string of the molecule is O=C(CSCc1cccs1)NC1CCC(C(=O)O)CC1. The van der Waals surface area contributed by atoms with Crippen LogP contribution >= 0.6 is 23.1 Å². The van der Waals surface area contributed by atoms with Crippen molar-refractivity contribution in [2.45, 2.75) is 37.5 Å². The van der Waals surface area contributed by atoms with Crippen LogP contribution in [0.3, 0.4) is 0 Å². The van der Waals surface area contributed by atoms with Crippen LogP contribution in [0, 0.1) is 5.92 Å². The molecule has 1 aromatic rings. The molecular weight excluding hydrogens is 294 g/mol. The molecule has 1 saturated carbocycles. The largest absolute Gasteiger partial charge is 0.481 e. The predicted molar refractivity (Wildman–Crippen MR) is 82.0 cm³/mol. The van der Waals surface area contributed by atoms with E-state index in [1.807, 2.05) is 11.4 Å². The maximum atomic E-state index is 11.8. The van der Waals surface area contributed by atoms with Gasteiger partial charge in [0.15, 0.2) is 0 Å². The summed E-state index contributed by atoms with van der Waals surface area (Å²) < 4.78 is 0. The van der Waals surface area contributed by atoms with Gasteiger partial charge < -0.3 is 10.4 Å². The summed E-state index contributed by atoms with van der Waals surface area (Å²) in [5.41, 5.74) is 0. The molecule has 1 heterocycles. The topological polar surface area (TPSA) is 66.4 Å². The molecule has 2 N–H and O–H groups in total. The molecule has 4 nitrogen and oxygen atoms in total. The van der Waals surface area contributed by atoms with Crippen LogP contribution in [0.5, 0.6) is 0 Å². The lowest BCUT2D eigenvalue weighted by Crippen LogP contribution is -2.39. The Kier molecular flexibility index (Phi) is 5.91. The summed E-state index contributed by atoms with van der Waals surface area (Å²) in [4.78, 5) is 23.9. The molecule has 20 heavy (non-hydrogen) atoms. The van der Waals surface area contributed by atoms with Gasteiger partial charge in [-0.25, -0.2) is 0 Å². The second kappa shape index (κ2) is 7.69. The van der Waals surface area contributed by atoms with Gasteiger partial charge in [-0.05, 0) is 37.1 Å². The fourth-order valence-electron chi connectivity index (χ4n) is 2.39. The zero-order valence-electron chi connectivity index (χ0n) is 11.2. The zero-order chi connectivity index (χ0) is 14.4. The Bertz CT molecular complexity index is 439. The molecule has 0 aliphatic heterocycles. The van der Waals surface area contributed by atoms with Gasteiger partial charge in [0.2, 0.25) is 5.91 Å². The number of rotatable bonds is 6. The number of nitrogens with one attached hydrogen (secondary N) is 1. The Morgan fingerprint density at radius 2 is 2.10 bits per heavy atom. The Morgan fingerprint density at radius 1 is 1.35 bits per heavy atom. The summed E-state index contributed by atoms with van der Waals surface area (Å²) in [5, 5.41) is 14.0. The quantitative estimate of drug-likeness (QED) is 0.847. The lowest BCUT2D eigenvalue weighted by molar-refractivity contribution is -0.142. The molecule has 110 valence electrons. The fourth-order valence-corrected chi connectivity index (χ4v) is 4.07. The summed E-state index contributed by atoms with van der Waals surface area (Å²) in [7, 11) is 0. The molecule has 0 aromatic carbocycles. The predicted octanol–water partition coefficient (Wildman–Crippen LogP) is 2.74. The Balaban J connectivity index is 1.61. The minimum absolute atomic E-state index is 0.0605. The van der Waals surface area contributed by atoms with Gasteiger partial charge in [0, 0.05) is 16.7 Å². The maximum absolute atomic E-state index is 11.8.